The van der Waals surface area contributed by atoms with Crippen molar-refractivity contribution in [2.24, 2.45) is 0 Å². The Hall–Kier alpha value is -2.21. The molecule has 5 nitrogen and oxygen atoms in total. The smallest absolute Gasteiger partial charge is 0.227 e. The number of amides is 2. The van der Waals surface area contributed by atoms with Crippen molar-refractivity contribution in [3.05, 3.63) is 35.2 Å². The maximum absolute atomic E-state index is 12.7. The van der Waals surface area contributed by atoms with Gasteiger partial charge in [-0.3, -0.25) is 14.4 Å². The van der Waals surface area contributed by atoms with Crippen molar-refractivity contribution in [1.82, 2.24) is 9.80 Å². The van der Waals surface area contributed by atoms with Crippen molar-refractivity contribution < 1.29 is 14.4 Å². The van der Waals surface area contributed by atoms with E-state index in [2.05, 4.69) is 17.5 Å². The zero-order valence-corrected chi connectivity index (χ0v) is 18.7. The molecule has 1 fully saturated rings. The van der Waals surface area contributed by atoms with Gasteiger partial charge in [-0.1, -0.05) is 38.0 Å². The highest BCUT2D eigenvalue weighted by Gasteiger charge is 2.24. The number of ketones is 1. The first-order valence-electron chi connectivity index (χ1n) is 11.1. The molecule has 3 rings (SSSR count). The standard InChI is InChI=1S/C24H32N2O3S/c1-2-20(27)9-5-3-4-6-12-23(28)25-13-15-26(16-14-25)24(29)17-19-18-30-22-11-8-7-10-21(19)22/h7-8,10-11,18H,2-6,9,12-17H2,1H3. The molecule has 162 valence electrons. The maximum Gasteiger partial charge on any atom is 0.227 e. The topological polar surface area (TPSA) is 57.7 Å². The van der Waals surface area contributed by atoms with E-state index in [4.69, 9.17) is 0 Å². The van der Waals surface area contributed by atoms with Crippen molar-refractivity contribution in [3.63, 3.8) is 0 Å². The Kier molecular flexibility index (Phi) is 8.43. The van der Waals surface area contributed by atoms with E-state index in [1.807, 2.05) is 28.9 Å². The molecule has 0 bridgehead atoms. The third-order valence-corrected chi connectivity index (χ3v) is 6.89. The second-order valence-corrected chi connectivity index (χ2v) is 8.91. The first-order valence-corrected chi connectivity index (χ1v) is 12.0. The van der Waals surface area contributed by atoms with Gasteiger partial charge in [0, 0.05) is 50.1 Å². The zero-order chi connectivity index (χ0) is 21.3. The molecule has 0 N–H and O–H groups in total. The van der Waals surface area contributed by atoms with Gasteiger partial charge in [-0.25, -0.2) is 0 Å². The second-order valence-electron chi connectivity index (χ2n) is 8.00. The molecule has 1 saturated heterocycles. The number of hydrogen-bond donors (Lipinski definition) is 0. The summed E-state index contributed by atoms with van der Waals surface area (Å²) in [6, 6.07) is 8.20. The minimum atomic E-state index is 0.146. The molecule has 0 unspecified atom stereocenters. The van der Waals surface area contributed by atoms with Gasteiger partial charge in [-0.05, 0) is 35.2 Å². The van der Waals surface area contributed by atoms with Crippen LogP contribution >= 0.6 is 11.3 Å². The number of rotatable bonds is 10. The number of nitrogens with zero attached hydrogens (tertiary/aromatic N) is 2. The Labute approximate surface area is 183 Å². The molecule has 1 aliphatic heterocycles. The highest BCUT2D eigenvalue weighted by Crippen LogP contribution is 2.26. The lowest BCUT2D eigenvalue weighted by molar-refractivity contribution is -0.139. The van der Waals surface area contributed by atoms with Crippen LogP contribution in [0.1, 0.15) is 57.4 Å². The Morgan fingerprint density at radius 3 is 2.20 bits per heavy atom. The molecular formula is C24H32N2O3S. The van der Waals surface area contributed by atoms with Gasteiger partial charge < -0.3 is 9.80 Å². The van der Waals surface area contributed by atoms with E-state index in [9.17, 15) is 14.4 Å². The lowest BCUT2D eigenvalue weighted by Crippen LogP contribution is -2.50. The summed E-state index contributed by atoms with van der Waals surface area (Å²) in [5, 5.41) is 3.25. The number of unbranched alkanes of at least 4 members (excludes halogenated alkanes) is 3. The molecule has 0 atom stereocenters. The van der Waals surface area contributed by atoms with Gasteiger partial charge in [0.15, 0.2) is 0 Å². The third kappa shape index (κ3) is 6.14. The zero-order valence-electron chi connectivity index (χ0n) is 17.9. The summed E-state index contributed by atoms with van der Waals surface area (Å²) < 4.78 is 1.22. The summed E-state index contributed by atoms with van der Waals surface area (Å²) in [5.41, 5.74) is 1.10. The van der Waals surface area contributed by atoms with Gasteiger partial charge in [0.25, 0.3) is 0 Å². The predicted molar refractivity (Wildman–Crippen MR) is 122 cm³/mol. The van der Waals surface area contributed by atoms with Crippen molar-refractivity contribution in [2.75, 3.05) is 26.2 Å². The summed E-state index contributed by atoms with van der Waals surface area (Å²) >= 11 is 1.68. The second kappa shape index (κ2) is 11.3. The van der Waals surface area contributed by atoms with Gasteiger partial charge in [0.1, 0.15) is 5.78 Å². The highest BCUT2D eigenvalue weighted by molar-refractivity contribution is 7.17. The average molecular weight is 429 g/mol. The summed E-state index contributed by atoms with van der Waals surface area (Å²) in [7, 11) is 0. The van der Waals surface area contributed by atoms with Gasteiger partial charge in [-0.2, -0.15) is 0 Å². The van der Waals surface area contributed by atoms with Crippen LogP contribution in [0, 0.1) is 0 Å². The number of hydrogen-bond acceptors (Lipinski definition) is 4. The molecule has 6 heteroatoms. The molecule has 2 amide bonds. The van der Waals surface area contributed by atoms with Crippen LogP contribution in [0.4, 0.5) is 0 Å². The van der Waals surface area contributed by atoms with Crippen LogP contribution in [0.5, 0.6) is 0 Å². The fourth-order valence-corrected chi connectivity index (χ4v) is 4.90. The molecule has 0 saturated carbocycles. The average Bonchev–Trinajstić information content (AvgIpc) is 3.18. The summed E-state index contributed by atoms with van der Waals surface area (Å²) in [6.07, 6.45) is 6.10. The minimum absolute atomic E-state index is 0.146. The Balaban J connectivity index is 1.35. The quantitative estimate of drug-likeness (QED) is 0.526. The molecule has 2 aromatic rings. The van der Waals surface area contributed by atoms with Crippen molar-refractivity contribution in [1.29, 1.82) is 0 Å². The summed E-state index contributed by atoms with van der Waals surface area (Å²) in [6.45, 7) is 4.38. The van der Waals surface area contributed by atoms with Crippen LogP contribution in [-0.4, -0.2) is 53.6 Å². The van der Waals surface area contributed by atoms with Gasteiger partial charge in [-0.15, -0.1) is 11.3 Å². The van der Waals surface area contributed by atoms with E-state index in [1.54, 1.807) is 11.3 Å². The minimum Gasteiger partial charge on any atom is -0.339 e. The summed E-state index contributed by atoms with van der Waals surface area (Å²) in [5.74, 6) is 0.661. The van der Waals surface area contributed by atoms with Crippen molar-refractivity contribution >= 4 is 39.0 Å². The molecule has 30 heavy (non-hydrogen) atoms. The molecule has 2 heterocycles. The van der Waals surface area contributed by atoms with E-state index in [1.165, 1.54) is 10.1 Å². The van der Waals surface area contributed by atoms with E-state index in [0.29, 0.717) is 57.6 Å². The number of fused-ring (bicyclic) bond motifs is 1. The fourth-order valence-electron chi connectivity index (χ4n) is 3.94. The predicted octanol–water partition coefficient (Wildman–Crippen LogP) is 4.43. The third-order valence-electron chi connectivity index (χ3n) is 5.88. The lowest BCUT2D eigenvalue weighted by atomic mass is 10.1. The van der Waals surface area contributed by atoms with Gasteiger partial charge in [0.05, 0.1) is 6.42 Å². The van der Waals surface area contributed by atoms with Crippen LogP contribution in [0.25, 0.3) is 10.1 Å². The number of thiophene rings is 1. The van der Waals surface area contributed by atoms with Crippen molar-refractivity contribution in [2.45, 2.75) is 58.3 Å². The Morgan fingerprint density at radius 2 is 1.50 bits per heavy atom. The number of benzene rings is 1. The van der Waals surface area contributed by atoms with Gasteiger partial charge in [0.2, 0.25) is 11.8 Å². The van der Waals surface area contributed by atoms with E-state index < -0.39 is 0 Å². The van der Waals surface area contributed by atoms with Crippen LogP contribution in [0.3, 0.4) is 0 Å². The molecule has 1 aliphatic rings. The van der Waals surface area contributed by atoms with Crippen molar-refractivity contribution in [3.8, 4) is 0 Å². The van der Waals surface area contributed by atoms with Crippen LogP contribution in [-0.2, 0) is 20.8 Å². The SMILES string of the molecule is CCC(=O)CCCCCCC(=O)N1CCN(C(=O)Cc2csc3ccccc23)CC1. The maximum atomic E-state index is 12.7. The molecular weight excluding hydrogens is 396 g/mol. The highest BCUT2D eigenvalue weighted by atomic mass is 32.1. The fraction of sp³-hybridized carbons (Fsp3) is 0.542. The van der Waals surface area contributed by atoms with Crippen LogP contribution < -0.4 is 0 Å². The first-order chi connectivity index (χ1) is 14.6. The largest absolute Gasteiger partial charge is 0.339 e. The van der Waals surface area contributed by atoms with Gasteiger partial charge >= 0.3 is 0 Å². The molecule has 0 radical (unpaired) electrons. The first kappa shape index (κ1) is 22.5. The number of piperazine rings is 1. The Bertz CT molecular complexity index is 868. The van der Waals surface area contributed by atoms with Crippen LogP contribution in [0.15, 0.2) is 29.6 Å². The number of carbonyl (C=O) groups is 3. The van der Waals surface area contributed by atoms with E-state index in [0.717, 1.165) is 31.2 Å². The number of carbonyl (C=O) groups excluding carboxylic acids is 3. The number of Topliss-reactive ketones (excluding diaryl/α,β-unsaturated/α-hetero) is 1. The monoisotopic (exact) mass is 428 g/mol. The lowest BCUT2D eigenvalue weighted by Gasteiger charge is -2.35. The van der Waals surface area contributed by atoms with E-state index >= 15 is 0 Å². The molecule has 1 aromatic heterocycles. The normalized spacial score (nSPS) is 14.3. The molecule has 0 spiro atoms. The van der Waals surface area contributed by atoms with E-state index in [-0.39, 0.29) is 11.8 Å². The Morgan fingerprint density at radius 1 is 0.867 bits per heavy atom. The summed E-state index contributed by atoms with van der Waals surface area (Å²) in [4.78, 5) is 40.2. The van der Waals surface area contributed by atoms with Crippen LogP contribution in [0.2, 0.25) is 0 Å². The molecule has 1 aromatic carbocycles. The molecule has 0 aliphatic carbocycles.